The average molecular weight is 180 g/mol. The Balaban J connectivity index is 2.88. The van der Waals surface area contributed by atoms with E-state index in [1.807, 2.05) is 0 Å². The second-order valence-corrected chi connectivity index (χ2v) is 2.59. The molecule has 0 aliphatic heterocycles. The third-order valence-corrected chi connectivity index (χ3v) is 1.72. The number of carbonyl (C=O) groups excluding carboxylic acids is 1. The summed E-state index contributed by atoms with van der Waals surface area (Å²) in [5.41, 5.74) is 0.472. The zero-order valence-corrected chi connectivity index (χ0v) is 6.71. The molecule has 2 rings (SSSR count). The van der Waals surface area contributed by atoms with Crippen LogP contribution in [-0.4, -0.2) is 25.9 Å². The lowest BCUT2D eigenvalue weighted by atomic mass is 10.4. The molecule has 2 aromatic heterocycles. The molecule has 0 saturated carbocycles. The smallest absolute Gasteiger partial charge is 0.253 e. The number of aromatic amines is 1. The quantitative estimate of drug-likeness (QED) is 0.515. The van der Waals surface area contributed by atoms with Crippen molar-refractivity contribution in [2.45, 2.75) is 0 Å². The van der Waals surface area contributed by atoms with E-state index >= 15 is 0 Å². The molecule has 0 amide bonds. The summed E-state index contributed by atoms with van der Waals surface area (Å²) in [5, 5.41) is 6.38. The number of aromatic nitrogens is 4. The van der Waals surface area contributed by atoms with Crippen molar-refractivity contribution in [3.63, 3.8) is 0 Å². The van der Waals surface area contributed by atoms with E-state index < -0.39 is 0 Å². The Kier molecular flexibility index (Phi) is 1.47. The van der Waals surface area contributed by atoms with Gasteiger partial charge in [-0.25, -0.2) is 10.1 Å². The molecule has 6 heteroatoms. The van der Waals surface area contributed by atoms with Gasteiger partial charge in [-0.15, -0.1) is 5.10 Å². The fourth-order valence-corrected chi connectivity index (χ4v) is 1.06. The Morgan fingerprint density at radius 3 is 3.25 bits per heavy atom. The van der Waals surface area contributed by atoms with Gasteiger partial charge in [0.15, 0.2) is 6.29 Å². The van der Waals surface area contributed by atoms with Gasteiger partial charge in [-0.3, -0.25) is 9.20 Å². The normalized spacial score (nSPS) is 10.3. The van der Waals surface area contributed by atoms with Gasteiger partial charge in [0, 0.05) is 18.0 Å². The first-order valence-electron chi connectivity index (χ1n) is 3.19. The standard InChI is InChI=1S/C6H4N4OS/c11-3-4-1-7-5-8-9-6(12)10(5)2-4/h1-3H,(H,9,12). The number of rotatable bonds is 1. The van der Waals surface area contributed by atoms with Crippen molar-refractivity contribution in [2.24, 2.45) is 0 Å². The van der Waals surface area contributed by atoms with Crippen LogP contribution in [0.1, 0.15) is 10.4 Å². The van der Waals surface area contributed by atoms with Crippen molar-refractivity contribution >= 4 is 24.3 Å². The highest BCUT2D eigenvalue weighted by atomic mass is 32.1. The number of aldehydes is 1. The van der Waals surface area contributed by atoms with Gasteiger partial charge in [-0.1, -0.05) is 0 Å². The number of carbonyl (C=O) groups is 1. The Hall–Kier alpha value is -1.56. The summed E-state index contributed by atoms with van der Waals surface area (Å²) in [6.07, 6.45) is 3.74. The first-order chi connectivity index (χ1) is 5.81. The molecule has 0 spiro atoms. The Labute approximate surface area is 72.1 Å². The van der Waals surface area contributed by atoms with Crippen LogP contribution in [0.25, 0.3) is 5.78 Å². The van der Waals surface area contributed by atoms with Gasteiger partial charge in [0.25, 0.3) is 5.78 Å². The van der Waals surface area contributed by atoms with Gasteiger partial charge in [-0.05, 0) is 12.2 Å². The fraction of sp³-hybridized carbons (Fsp3) is 0. The number of nitrogens with zero attached hydrogens (tertiary/aromatic N) is 3. The highest BCUT2D eigenvalue weighted by molar-refractivity contribution is 7.71. The molecular formula is C6H4N4OS. The van der Waals surface area contributed by atoms with E-state index in [9.17, 15) is 4.79 Å². The summed E-state index contributed by atoms with van der Waals surface area (Å²) in [4.78, 5) is 14.3. The van der Waals surface area contributed by atoms with E-state index in [-0.39, 0.29) is 0 Å². The van der Waals surface area contributed by atoms with Crippen LogP contribution in [0, 0.1) is 4.77 Å². The van der Waals surface area contributed by atoms with Crippen LogP contribution in [0.4, 0.5) is 0 Å². The summed E-state index contributed by atoms with van der Waals surface area (Å²) in [6.45, 7) is 0. The van der Waals surface area contributed by atoms with E-state index in [0.717, 1.165) is 0 Å². The molecular weight excluding hydrogens is 176 g/mol. The van der Waals surface area contributed by atoms with Crippen LogP contribution in [0.5, 0.6) is 0 Å². The minimum Gasteiger partial charge on any atom is -0.298 e. The van der Waals surface area contributed by atoms with Crippen LogP contribution in [0.3, 0.4) is 0 Å². The first kappa shape index (κ1) is 7.11. The maximum absolute atomic E-state index is 10.4. The molecule has 0 aliphatic rings. The minimum absolute atomic E-state index is 0.432. The second-order valence-electron chi connectivity index (χ2n) is 2.20. The number of hydrogen-bond acceptors (Lipinski definition) is 4. The van der Waals surface area contributed by atoms with E-state index in [2.05, 4.69) is 15.2 Å². The van der Waals surface area contributed by atoms with Crippen LogP contribution in [-0.2, 0) is 0 Å². The Bertz CT molecular complexity index is 485. The Morgan fingerprint density at radius 1 is 1.67 bits per heavy atom. The molecule has 2 aromatic rings. The molecule has 0 aromatic carbocycles. The molecule has 60 valence electrons. The summed E-state index contributed by atoms with van der Waals surface area (Å²) in [5.74, 6) is 0.464. The molecule has 0 unspecified atom stereocenters. The Morgan fingerprint density at radius 2 is 2.50 bits per heavy atom. The van der Waals surface area contributed by atoms with Crippen molar-refractivity contribution in [1.82, 2.24) is 19.6 Å². The van der Waals surface area contributed by atoms with E-state index in [1.165, 1.54) is 6.20 Å². The van der Waals surface area contributed by atoms with Gasteiger partial charge >= 0.3 is 0 Å². The number of nitrogens with one attached hydrogen (secondary N) is 1. The summed E-state index contributed by atoms with van der Waals surface area (Å²) in [6, 6.07) is 0. The predicted molar refractivity (Wildman–Crippen MR) is 43.6 cm³/mol. The third kappa shape index (κ3) is 0.928. The van der Waals surface area contributed by atoms with Crippen molar-refractivity contribution in [2.75, 3.05) is 0 Å². The lowest BCUT2D eigenvalue weighted by molar-refractivity contribution is 0.112. The SMILES string of the molecule is O=Cc1cnc2n[nH]c(=S)n2c1. The minimum atomic E-state index is 0.432. The van der Waals surface area contributed by atoms with Crippen LogP contribution < -0.4 is 0 Å². The summed E-state index contributed by atoms with van der Waals surface area (Å²) >= 11 is 4.88. The van der Waals surface area contributed by atoms with Crippen molar-refractivity contribution in [3.8, 4) is 0 Å². The molecule has 0 radical (unpaired) electrons. The van der Waals surface area contributed by atoms with Gasteiger partial charge in [0.05, 0.1) is 0 Å². The zero-order chi connectivity index (χ0) is 8.55. The predicted octanol–water partition coefficient (Wildman–Crippen LogP) is 0.599. The number of hydrogen-bond donors (Lipinski definition) is 1. The first-order valence-corrected chi connectivity index (χ1v) is 3.60. The van der Waals surface area contributed by atoms with Crippen LogP contribution in [0.15, 0.2) is 12.4 Å². The molecule has 0 fully saturated rings. The molecule has 2 heterocycles. The maximum Gasteiger partial charge on any atom is 0.253 e. The zero-order valence-electron chi connectivity index (χ0n) is 5.89. The lowest BCUT2D eigenvalue weighted by Gasteiger charge is -1.90. The molecule has 0 bridgehead atoms. The monoisotopic (exact) mass is 180 g/mol. The van der Waals surface area contributed by atoms with Gasteiger partial charge in [-0.2, -0.15) is 0 Å². The van der Waals surface area contributed by atoms with Crippen molar-refractivity contribution < 1.29 is 4.79 Å². The molecule has 12 heavy (non-hydrogen) atoms. The maximum atomic E-state index is 10.4. The van der Waals surface area contributed by atoms with E-state index in [0.29, 0.717) is 22.4 Å². The summed E-state index contributed by atoms with van der Waals surface area (Å²) < 4.78 is 1.97. The molecule has 5 nitrogen and oxygen atoms in total. The van der Waals surface area contributed by atoms with Gasteiger partial charge in [0.1, 0.15) is 0 Å². The van der Waals surface area contributed by atoms with E-state index in [1.54, 1.807) is 10.6 Å². The van der Waals surface area contributed by atoms with Gasteiger partial charge < -0.3 is 0 Å². The molecule has 0 saturated heterocycles. The highest BCUT2D eigenvalue weighted by Gasteiger charge is 1.98. The lowest BCUT2D eigenvalue weighted by Crippen LogP contribution is -1.91. The largest absolute Gasteiger partial charge is 0.298 e. The third-order valence-electron chi connectivity index (χ3n) is 1.43. The van der Waals surface area contributed by atoms with Crippen LogP contribution >= 0.6 is 12.2 Å². The van der Waals surface area contributed by atoms with E-state index in [4.69, 9.17) is 12.2 Å². The number of fused-ring (bicyclic) bond motifs is 1. The average Bonchev–Trinajstić information content (AvgIpc) is 2.47. The van der Waals surface area contributed by atoms with Crippen LogP contribution in [0.2, 0.25) is 0 Å². The highest BCUT2D eigenvalue weighted by Crippen LogP contribution is 1.97. The molecule has 1 N–H and O–H groups in total. The number of H-pyrrole nitrogens is 1. The topological polar surface area (TPSA) is 63.0 Å². The fourth-order valence-electron chi connectivity index (χ4n) is 0.879. The molecule has 0 atom stereocenters. The second kappa shape index (κ2) is 2.49. The molecule has 0 aliphatic carbocycles. The van der Waals surface area contributed by atoms with Gasteiger partial charge in [0.2, 0.25) is 4.77 Å². The van der Waals surface area contributed by atoms with Crippen molar-refractivity contribution in [3.05, 3.63) is 22.7 Å². The summed E-state index contributed by atoms with van der Waals surface area (Å²) in [7, 11) is 0. The van der Waals surface area contributed by atoms with Crippen molar-refractivity contribution in [1.29, 1.82) is 0 Å².